The highest BCUT2D eigenvalue weighted by atomic mass is 16.5. The van der Waals surface area contributed by atoms with E-state index in [1.54, 1.807) is 55.9 Å². The molecule has 152 valence electrons. The number of rotatable bonds is 4. The molecule has 0 bridgehead atoms. The van der Waals surface area contributed by atoms with Gasteiger partial charge in [-0.15, -0.1) is 0 Å². The van der Waals surface area contributed by atoms with Gasteiger partial charge in [-0.1, -0.05) is 0 Å². The van der Waals surface area contributed by atoms with Crippen molar-refractivity contribution in [3.05, 3.63) is 77.6 Å². The van der Waals surface area contributed by atoms with Crippen LogP contribution in [-0.4, -0.2) is 34.0 Å². The number of nitrogens with one attached hydrogen (secondary N) is 2. The molecule has 31 heavy (non-hydrogen) atoms. The summed E-state index contributed by atoms with van der Waals surface area (Å²) in [5.74, 6) is -0.0526. The Balaban J connectivity index is 1.59. The lowest BCUT2D eigenvalue weighted by atomic mass is 9.98. The molecule has 1 amide bonds. The zero-order chi connectivity index (χ0) is 21.5. The lowest BCUT2D eigenvalue weighted by molar-refractivity contribution is 0.0999. The summed E-state index contributed by atoms with van der Waals surface area (Å²) in [4.78, 5) is 30.4. The van der Waals surface area contributed by atoms with E-state index in [4.69, 9.17) is 10.5 Å². The first-order valence-electron chi connectivity index (χ1n) is 9.50. The van der Waals surface area contributed by atoms with Gasteiger partial charge in [-0.3, -0.25) is 19.7 Å². The molecule has 4 aromatic rings. The number of methoxy groups -OCH3 is 1. The van der Waals surface area contributed by atoms with E-state index >= 15 is 0 Å². The molecule has 0 aliphatic heterocycles. The molecule has 2 aromatic carbocycles. The first-order chi connectivity index (χ1) is 15.1. The van der Waals surface area contributed by atoms with Crippen LogP contribution in [0, 0.1) is 0 Å². The average molecular weight is 411 g/mol. The van der Waals surface area contributed by atoms with E-state index in [1.807, 2.05) is 12.1 Å². The number of nitrogens with zero attached hydrogens (tertiary/aromatic N) is 2. The van der Waals surface area contributed by atoms with Crippen LogP contribution in [0.15, 0.2) is 60.9 Å². The number of carbonyl (C=O) groups excluding carboxylic acids is 2. The highest BCUT2D eigenvalue weighted by Crippen LogP contribution is 2.43. The molecule has 4 N–H and O–H groups in total. The second-order valence-corrected chi connectivity index (χ2v) is 7.02. The maximum Gasteiger partial charge on any atom is 0.258 e. The van der Waals surface area contributed by atoms with E-state index in [1.165, 1.54) is 0 Å². The monoisotopic (exact) mass is 411 g/mol. The van der Waals surface area contributed by atoms with E-state index < -0.39 is 5.91 Å². The van der Waals surface area contributed by atoms with Crippen LogP contribution >= 0.6 is 0 Å². The van der Waals surface area contributed by atoms with Crippen molar-refractivity contribution < 1.29 is 14.3 Å². The third-order valence-electron chi connectivity index (χ3n) is 5.26. The number of H-pyrrole nitrogens is 1. The van der Waals surface area contributed by atoms with Crippen LogP contribution < -0.4 is 15.8 Å². The summed E-state index contributed by atoms with van der Waals surface area (Å²) in [6, 6.07) is 13.9. The van der Waals surface area contributed by atoms with Gasteiger partial charge in [0, 0.05) is 40.5 Å². The molecule has 0 saturated carbocycles. The molecule has 2 aromatic heterocycles. The van der Waals surface area contributed by atoms with Crippen LogP contribution in [0.25, 0.3) is 22.5 Å². The molecule has 5 rings (SSSR count). The number of fused-ring (bicyclic) bond motifs is 3. The Morgan fingerprint density at radius 1 is 1.03 bits per heavy atom. The zero-order valence-corrected chi connectivity index (χ0v) is 16.5. The maximum absolute atomic E-state index is 13.5. The number of pyridine rings is 1. The number of nitrogens with two attached hydrogens (primary N) is 1. The quantitative estimate of drug-likeness (QED) is 0.389. The summed E-state index contributed by atoms with van der Waals surface area (Å²) < 4.78 is 5.20. The largest absolute Gasteiger partial charge is 0.497 e. The summed E-state index contributed by atoms with van der Waals surface area (Å²) in [5, 5.41) is 10.1. The Morgan fingerprint density at radius 3 is 2.48 bits per heavy atom. The Hall–Kier alpha value is -4.46. The number of benzene rings is 2. The molecule has 0 unspecified atom stereocenters. The predicted molar refractivity (Wildman–Crippen MR) is 116 cm³/mol. The molecule has 2 heterocycles. The van der Waals surface area contributed by atoms with E-state index in [9.17, 15) is 9.59 Å². The Bertz CT molecular complexity index is 1330. The molecule has 1 aliphatic carbocycles. The summed E-state index contributed by atoms with van der Waals surface area (Å²) in [6.07, 6.45) is 3.13. The number of carbonyl (C=O) groups is 2. The van der Waals surface area contributed by atoms with Crippen LogP contribution in [0.2, 0.25) is 0 Å². The lowest BCUT2D eigenvalue weighted by Gasteiger charge is -2.12. The molecule has 8 nitrogen and oxygen atoms in total. The van der Waals surface area contributed by atoms with Crippen LogP contribution in [0.4, 0.5) is 11.4 Å². The number of ketones is 1. The molecule has 8 heteroatoms. The molecule has 0 atom stereocenters. The van der Waals surface area contributed by atoms with Crippen molar-refractivity contribution in [1.82, 2.24) is 15.2 Å². The number of anilines is 2. The smallest absolute Gasteiger partial charge is 0.258 e. The average Bonchev–Trinajstić information content (AvgIpc) is 3.34. The summed E-state index contributed by atoms with van der Waals surface area (Å²) in [5.41, 5.74) is 10.2. The fourth-order valence-corrected chi connectivity index (χ4v) is 3.78. The number of nitrogen functional groups attached to an aromatic ring is 1. The van der Waals surface area contributed by atoms with Gasteiger partial charge < -0.3 is 15.8 Å². The van der Waals surface area contributed by atoms with Crippen molar-refractivity contribution in [3.8, 4) is 28.3 Å². The van der Waals surface area contributed by atoms with Gasteiger partial charge in [0.2, 0.25) is 0 Å². The number of ether oxygens (including phenoxy) is 1. The second kappa shape index (κ2) is 7.10. The molecular weight excluding hydrogens is 394 g/mol. The second-order valence-electron chi connectivity index (χ2n) is 7.02. The third-order valence-corrected chi connectivity index (χ3v) is 5.26. The number of hydrogen-bond acceptors (Lipinski definition) is 6. The van der Waals surface area contributed by atoms with Crippen molar-refractivity contribution in [1.29, 1.82) is 0 Å². The Kier molecular flexibility index (Phi) is 4.25. The third kappa shape index (κ3) is 2.93. The van der Waals surface area contributed by atoms with Gasteiger partial charge in [-0.05, 0) is 48.5 Å². The van der Waals surface area contributed by atoms with Gasteiger partial charge in [0.15, 0.2) is 5.78 Å². The zero-order valence-electron chi connectivity index (χ0n) is 16.5. The fourth-order valence-electron chi connectivity index (χ4n) is 3.78. The molecule has 0 radical (unpaired) electrons. The van der Waals surface area contributed by atoms with Crippen molar-refractivity contribution in [3.63, 3.8) is 0 Å². The van der Waals surface area contributed by atoms with Crippen LogP contribution in [-0.2, 0) is 0 Å². The number of amides is 1. The van der Waals surface area contributed by atoms with Gasteiger partial charge in [-0.2, -0.15) is 5.10 Å². The predicted octanol–water partition coefficient (Wildman–Crippen LogP) is 3.53. The van der Waals surface area contributed by atoms with E-state index in [0.717, 1.165) is 5.56 Å². The van der Waals surface area contributed by atoms with Gasteiger partial charge in [0.1, 0.15) is 11.4 Å². The fraction of sp³-hybridized carbons (Fsp3) is 0.0435. The summed E-state index contributed by atoms with van der Waals surface area (Å²) >= 11 is 0. The molecule has 0 saturated heterocycles. The van der Waals surface area contributed by atoms with Crippen LogP contribution in [0.1, 0.15) is 26.3 Å². The van der Waals surface area contributed by atoms with Crippen molar-refractivity contribution in [2.75, 3.05) is 18.2 Å². The van der Waals surface area contributed by atoms with E-state index in [0.29, 0.717) is 34.0 Å². The van der Waals surface area contributed by atoms with Gasteiger partial charge in [0.25, 0.3) is 5.91 Å². The minimum atomic E-state index is -0.460. The molecule has 0 spiro atoms. The first-order valence-corrected chi connectivity index (χ1v) is 9.50. The standard InChI is InChI=1S/C23H17N5O3/c1-31-14-4-2-12(3-5-14)20-19-21(28-27-20)15-6-7-16(24)18(17(15)22(19)29)23(30)26-13-8-10-25-11-9-13/h2-11H,24H2,1H3,(H,27,28)(H,25,26,30). The Labute approximate surface area is 177 Å². The minimum absolute atomic E-state index is 0.143. The van der Waals surface area contributed by atoms with Crippen molar-refractivity contribution in [2.45, 2.75) is 0 Å². The highest BCUT2D eigenvalue weighted by Gasteiger charge is 2.37. The van der Waals surface area contributed by atoms with E-state index in [-0.39, 0.29) is 22.6 Å². The van der Waals surface area contributed by atoms with E-state index in [2.05, 4.69) is 20.5 Å². The minimum Gasteiger partial charge on any atom is -0.497 e. The van der Waals surface area contributed by atoms with Gasteiger partial charge in [-0.25, -0.2) is 0 Å². The van der Waals surface area contributed by atoms with Crippen molar-refractivity contribution in [2.24, 2.45) is 0 Å². The first kappa shape index (κ1) is 18.6. The Morgan fingerprint density at radius 2 is 1.77 bits per heavy atom. The number of hydrogen-bond donors (Lipinski definition) is 3. The summed E-state index contributed by atoms with van der Waals surface area (Å²) in [6.45, 7) is 0. The molecule has 0 fully saturated rings. The SMILES string of the molecule is COc1ccc(-c2n[nH]c3c2C(=O)c2c-3ccc(N)c2C(=O)Nc2ccncc2)cc1. The topological polar surface area (TPSA) is 123 Å². The van der Waals surface area contributed by atoms with Crippen LogP contribution in [0.3, 0.4) is 0 Å². The van der Waals surface area contributed by atoms with Crippen molar-refractivity contribution >= 4 is 23.1 Å². The van der Waals surface area contributed by atoms with Gasteiger partial charge in [0.05, 0.1) is 23.9 Å². The number of aromatic nitrogens is 3. The summed E-state index contributed by atoms with van der Waals surface area (Å²) in [7, 11) is 1.59. The molecular formula is C23H17N5O3. The lowest BCUT2D eigenvalue weighted by Crippen LogP contribution is -2.18. The van der Waals surface area contributed by atoms with Crippen LogP contribution in [0.5, 0.6) is 5.75 Å². The number of aromatic amines is 1. The maximum atomic E-state index is 13.5. The highest BCUT2D eigenvalue weighted by molar-refractivity contribution is 6.29. The molecule has 1 aliphatic rings. The normalized spacial score (nSPS) is 11.7. The van der Waals surface area contributed by atoms with Gasteiger partial charge >= 0.3 is 0 Å².